The third-order valence-corrected chi connectivity index (χ3v) is 8.46. The predicted molar refractivity (Wildman–Crippen MR) is 180 cm³/mol. The fourth-order valence-corrected chi connectivity index (χ4v) is 5.82. The van der Waals surface area contributed by atoms with Crippen molar-refractivity contribution in [1.29, 1.82) is 0 Å². The van der Waals surface area contributed by atoms with Crippen molar-refractivity contribution in [2.75, 3.05) is 23.5 Å². The van der Waals surface area contributed by atoms with Gasteiger partial charge in [-0.05, 0) is 48.4 Å². The Labute approximate surface area is 272 Å². The number of anilines is 2. The van der Waals surface area contributed by atoms with Gasteiger partial charge in [-0.15, -0.1) is 0 Å². The first-order chi connectivity index (χ1) is 22.0. The van der Waals surface area contributed by atoms with Crippen LogP contribution in [0.3, 0.4) is 0 Å². The summed E-state index contributed by atoms with van der Waals surface area (Å²) in [4.78, 5) is 44.3. The van der Waals surface area contributed by atoms with E-state index in [4.69, 9.17) is 9.47 Å². The Bertz CT molecular complexity index is 1470. The largest absolute Gasteiger partial charge is 0.505 e. The van der Waals surface area contributed by atoms with Gasteiger partial charge in [0, 0.05) is 23.9 Å². The fraction of sp³-hybridized carbons (Fsp3) is 0.432. The minimum atomic E-state index is -1.17. The van der Waals surface area contributed by atoms with E-state index in [1.807, 2.05) is 81.4 Å². The monoisotopic (exact) mass is 629 g/mol. The molecule has 1 aliphatic rings. The number of imide groups is 1. The van der Waals surface area contributed by atoms with Crippen LogP contribution in [0.5, 0.6) is 11.5 Å². The number of hydrogen-bond acceptors (Lipinski definition) is 6. The number of alkyl carbamates (subject to hydrolysis) is 1. The molecule has 246 valence electrons. The lowest BCUT2D eigenvalue weighted by Crippen LogP contribution is -2.54. The number of carbonyl (C=O) groups is 3. The Morgan fingerprint density at radius 3 is 2.20 bits per heavy atom. The van der Waals surface area contributed by atoms with E-state index >= 15 is 0 Å². The molecule has 46 heavy (non-hydrogen) atoms. The van der Waals surface area contributed by atoms with Crippen molar-refractivity contribution in [1.82, 2.24) is 5.32 Å². The first-order valence-corrected chi connectivity index (χ1v) is 16.1. The maximum atomic E-state index is 14.7. The summed E-state index contributed by atoms with van der Waals surface area (Å²) >= 11 is 0. The molecule has 0 aliphatic heterocycles. The zero-order valence-corrected chi connectivity index (χ0v) is 27.6. The summed E-state index contributed by atoms with van der Waals surface area (Å²) < 4.78 is 10.9. The van der Waals surface area contributed by atoms with Gasteiger partial charge in [0.25, 0.3) is 5.91 Å². The van der Waals surface area contributed by atoms with Gasteiger partial charge < -0.3 is 19.9 Å². The highest BCUT2D eigenvalue weighted by atomic mass is 16.5. The molecular formula is C37H47N3O6. The van der Waals surface area contributed by atoms with Crippen molar-refractivity contribution in [3.8, 4) is 11.5 Å². The lowest BCUT2D eigenvalue weighted by Gasteiger charge is -2.34. The highest BCUT2D eigenvalue weighted by Crippen LogP contribution is 2.42. The number of carbonyl (C=O) groups excluding carboxylic acids is 3. The van der Waals surface area contributed by atoms with E-state index in [0.29, 0.717) is 29.5 Å². The summed E-state index contributed by atoms with van der Waals surface area (Å²) in [6.45, 7) is 7.66. The zero-order chi connectivity index (χ0) is 33.3. The third kappa shape index (κ3) is 8.80. The van der Waals surface area contributed by atoms with Gasteiger partial charge in [-0.25, -0.2) is 14.5 Å². The average Bonchev–Trinajstić information content (AvgIpc) is 3.05. The molecule has 2 N–H and O–H groups in total. The number of amides is 4. The summed E-state index contributed by atoms with van der Waals surface area (Å²) in [5.74, 6) is -0.0907. The van der Waals surface area contributed by atoms with Gasteiger partial charge in [-0.1, -0.05) is 101 Å². The standard InChI is InChI=1S/C37H47N3O6/c1-26(38-35(43)46-25-28-17-11-7-12-18-28)34(42)40(32-24-30(45-5)23-31(33(32)41)37(2,3)4)36(44)39(29-19-13-8-14-20-29)22-21-27-15-9-6-10-16-27/h7-8,11-14,17-20,23-24,26-27,41H,6,9-10,15-16,21-22,25H2,1-5H3,(H,38,43)/t26-/m0/s1. The molecule has 4 amide bonds. The van der Waals surface area contributed by atoms with Crippen LogP contribution in [0, 0.1) is 5.92 Å². The molecule has 0 heterocycles. The molecule has 0 spiro atoms. The number of urea groups is 1. The molecule has 1 saturated carbocycles. The number of benzene rings is 3. The molecule has 3 aromatic carbocycles. The lowest BCUT2D eigenvalue weighted by atomic mass is 9.85. The van der Waals surface area contributed by atoms with E-state index in [1.165, 1.54) is 39.4 Å². The maximum absolute atomic E-state index is 14.7. The van der Waals surface area contributed by atoms with Gasteiger partial charge in [0.1, 0.15) is 24.1 Å². The summed E-state index contributed by atoms with van der Waals surface area (Å²) in [5.41, 5.74) is 1.35. The molecule has 0 bridgehead atoms. The molecule has 0 aromatic heterocycles. The van der Waals surface area contributed by atoms with Crippen LogP contribution in [-0.2, 0) is 21.6 Å². The first-order valence-electron chi connectivity index (χ1n) is 16.1. The molecular weight excluding hydrogens is 582 g/mol. The number of nitrogens with one attached hydrogen (secondary N) is 1. The topological polar surface area (TPSA) is 108 Å². The van der Waals surface area contributed by atoms with Crippen molar-refractivity contribution < 1.29 is 29.0 Å². The van der Waals surface area contributed by atoms with E-state index in [0.717, 1.165) is 29.7 Å². The Kier molecular flexibility index (Phi) is 11.7. The molecule has 9 heteroatoms. The summed E-state index contributed by atoms with van der Waals surface area (Å²) in [5, 5.41) is 14.2. The molecule has 1 aliphatic carbocycles. The third-order valence-electron chi connectivity index (χ3n) is 8.46. The molecule has 1 atom stereocenters. The minimum Gasteiger partial charge on any atom is -0.505 e. The van der Waals surface area contributed by atoms with Crippen LogP contribution in [0.1, 0.15) is 77.3 Å². The van der Waals surface area contributed by atoms with Crippen LogP contribution in [0.2, 0.25) is 0 Å². The summed E-state index contributed by atoms with van der Waals surface area (Å²) in [6, 6.07) is 19.8. The van der Waals surface area contributed by atoms with Crippen LogP contribution in [0.15, 0.2) is 72.8 Å². The zero-order valence-electron chi connectivity index (χ0n) is 27.6. The number of hydrogen-bond donors (Lipinski definition) is 2. The summed E-state index contributed by atoms with van der Waals surface area (Å²) in [6.07, 6.45) is 5.76. The van der Waals surface area contributed by atoms with E-state index in [9.17, 15) is 19.5 Å². The van der Waals surface area contributed by atoms with Crippen molar-refractivity contribution in [3.63, 3.8) is 0 Å². The molecule has 9 nitrogen and oxygen atoms in total. The van der Waals surface area contributed by atoms with Crippen molar-refractivity contribution >= 4 is 29.4 Å². The van der Waals surface area contributed by atoms with Crippen LogP contribution < -0.4 is 19.9 Å². The highest BCUT2D eigenvalue weighted by Gasteiger charge is 2.37. The van der Waals surface area contributed by atoms with Gasteiger partial charge in [0.05, 0.1) is 12.8 Å². The summed E-state index contributed by atoms with van der Waals surface area (Å²) in [7, 11) is 1.49. The van der Waals surface area contributed by atoms with E-state index < -0.39 is 29.5 Å². The van der Waals surface area contributed by atoms with Crippen LogP contribution in [0.4, 0.5) is 21.0 Å². The predicted octanol–water partition coefficient (Wildman–Crippen LogP) is 7.94. The molecule has 3 aromatic rings. The average molecular weight is 630 g/mol. The second-order valence-corrected chi connectivity index (χ2v) is 13.0. The van der Waals surface area contributed by atoms with Crippen molar-refractivity contribution in [3.05, 3.63) is 83.9 Å². The highest BCUT2D eigenvalue weighted by molar-refractivity contribution is 6.21. The normalized spacial score (nSPS) is 14.2. The molecule has 0 saturated heterocycles. The number of methoxy groups -OCH3 is 1. The van der Waals surface area contributed by atoms with Crippen LogP contribution in [-0.4, -0.2) is 42.8 Å². The molecule has 0 radical (unpaired) electrons. The molecule has 1 fully saturated rings. The van der Waals surface area contributed by atoms with Gasteiger partial charge >= 0.3 is 12.1 Å². The van der Waals surface area contributed by atoms with Crippen molar-refractivity contribution in [2.24, 2.45) is 5.92 Å². The number of ether oxygens (including phenoxy) is 2. The van der Waals surface area contributed by atoms with E-state index in [-0.39, 0.29) is 18.0 Å². The number of nitrogens with zero attached hydrogens (tertiary/aromatic N) is 2. The second-order valence-electron chi connectivity index (χ2n) is 13.0. The minimum absolute atomic E-state index is 0.0186. The Balaban J connectivity index is 1.71. The molecule has 0 unspecified atom stereocenters. The van der Waals surface area contributed by atoms with E-state index in [2.05, 4.69) is 5.32 Å². The number of phenols is 1. The fourth-order valence-electron chi connectivity index (χ4n) is 5.82. The number of para-hydroxylation sites is 1. The van der Waals surface area contributed by atoms with Crippen LogP contribution in [0.25, 0.3) is 0 Å². The Morgan fingerprint density at radius 2 is 1.59 bits per heavy atom. The Hall–Kier alpha value is -4.53. The van der Waals surface area contributed by atoms with Gasteiger partial charge in [0.2, 0.25) is 0 Å². The lowest BCUT2D eigenvalue weighted by molar-refractivity contribution is -0.119. The van der Waals surface area contributed by atoms with E-state index in [1.54, 1.807) is 11.0 Å². The maximum Gasteiger partial charge on any atom is 0.408 e. The number of aromatic hydroxyl groups is 1. The van der Waals surface area contributed by atoms with Gasteiger partial charge in [-0.2, -0.15) is 0 Å². The quantitative estimate of drug-likeness (QED) is 0.236. The molecule has 4 rings (SSSR count). The first kappa shape index (κ1) is 34.3. The number of rotatable bonds is 10. The SMILES string of the molecule is COc1cc(N(C(=O)[C@H](C)NC(=O)OCc2ccccc2)C(=O)N(CCC2CCCCC2)c2ccccc2)c(O)c(C(C)(C)C)c1. The van der Waals surface area contributed by atoms with Crippen LogP contribution >= 0.6 is 0 Å². The van der Waals surface area contributed by atoms with Gasteiger partial charge in [0.15, 0.2) is 0 Å². The number of phenolic OH excluding ortho intramolecular Hbond substituents is 1. The van der Waals surface area contributed by atoms with Crippen molar-refractivity contribution in [2.45, 2.75) is 84.3 Å². The van der Waals surface area contributed by atoms with Gasteiger partial charge in [-0.3, -0.25) is 9.69 Å². The smallest absolute Gasteiger partial charge is 0.408 e. The Morgan fingerprint density at radius 1 is 0.957 bits per heavy atom. The second kappa shape index (κ2) is 15.7.